The summed E-state index contributed by atoms with van der Waals surface area (Å²) in [6, 6.07) is 6.63. The van der Waals surface area contributed by atoms with Gasteiger partial charge in [0.1, 0.15) is 0 Å². The maximum Gasteiger partial charge on any atom is 0.319 e. The predicted octanol–water partition coefficient (Wildman–Crippen LogP) is 2.56. The van der Waals surface area contributed by atoms with Crippen molar-refractivity contribution in [3.63, 3.8) is 0 Å². The highest BCUT2D eigenvalue weighted by Crippen LogP contribution is 2.23. The number of nitrogens with one attached hydrogen (secondary N) is 3. The van der Waals surface area contributed by atoms with Crippen LogP contribution in [0.15, 0.2) is 36.7 Å². The van der Waals surface area contributed by atoms with Crippen molar-refractivity contribution in [3.8, 4) is 5.69 Å². The second-order valence-electron chi connectivity index (χ2n) is 5.47. The van der Waals surface area contributed by atoms with Gasteiger partial charge in [0.25, 0.3) is 0 Å². The Morgan fingerprint density at radius 1 is 1.33 bits per heavy atom. The van der Waals surface area contributed by atoms with Crippen LogP contribution in [0.4, 0.5) is 10.5 Å². The third-order valence-corrected chi connectivity index (χ3v) is 3.35. The minimum Gasteiger partial charge on any atom is -0.354 e. The number of rotatable bonds is 6. The molecule has 0 saturated carbocycles. The molecular formula is C16H20ClN5O2. The van der Waals surface area contributed by atoms with E-state index in [1.54, 1.807) is 41.3 Å². The number of urea groups is 1. The van der Waals surface area contributed by atoms with Crippen molar-refractivity contribution in [3.05, 3.63) is 41.7 Å². The van der Waals surface area contributed by atoms with Crippen LogP contribution in [0.25, 0.3) is 5.69 Å². The predicted molar refractivity (Wildman–Crippen MR) is 93.5 cm³/mol. The molecule has 24 heavy (non-hydrogen) atoms. The molecule has 0 aliphatic carbocycles. The van der Waals surface area contributed by atoms with E-state index in [0.717, 1.165) is 5.69 Å². The topological polar surface area (TPSA) is 88.0 Å². The molecule has 2 aromatic rings. The van der Waals surface area contributed by atoms with Crippen molar-refractivity contribution >= 4 is 29.2 Å². The van der Waals surface area contributed by atoms with Gasteiger partial charge in [-0.05, 0) is 38.1 Å². The van der Waals surface area contributed by atoms with Crippen molar-refractivity contribution in [1.82, 2.24) is 20.4 Å². The first-order chi connectivity index (χ1) is 11.5. The molecule has 0 unspecified atom stereocenters. The third kappa shape index (κ3) is 5.27. The lowest BCUT2D eigenvalue weighted by Gasteiger charge is -2.11. The number of carbonyl (C=O) groups excluding carboxylic acids is 2. The Bertz CT molecular complexity index is 700. The van der Waals surface area contributed by atoms with E-state index < -0.39 is 6.03 Å². The lowest BCUT2D eigenvalue weighted by Crippen LogP contribution is -2.35. The molecule has 7 nitrogen and oxygen atoms in total. The van der Waals surface area contributed by atoms with E-state index in [1.807, 2.05) is 13.8 Å². The first kappa shape index (κ1) is 17.8. The molecule has 0 fully saturated rings. The summed E-state index contributed by atoms with van der Waals surface area (Å²) in [5, 5.41) is 12.6. The lowest BCUT2D eigenvalue weighted by atomic mass is 10.3. The van der Waals surface area contributed by atoms with Crippen LogP contribution in [0, 0.1) is 0 Å². The van der Waals surface area contributed by atoms with Gasteiger partial charge in [0.15, 0.2) is 0 Å². The molecule has 1 aromatic carbocycles. The zero-order valence-electron chi connectivity index (χ0n) is 13.5. The second-order valence-corrected chi connectivity index (χ2v) is 5.88. The minimum absolute atomic E-state index is 0.0850. The summed E-state index contributed by atoms with van der Waals surface area (Å²) in [4.78, 5) is 23.3. The fraction of sp³-hybridized carbons (Fsp3) is 0.312. The monoisotopic (exact) mass is 349 g/mol. The van der Waals surface area contributed by atoms with E-state index in [1.165, 1.54) is 0 Å². The second kappa shape index (κ2) is 8.35. The van der Waals surface area contributed by atoms with E-state index >= 15 is 0 Å². The molecule has 0 radical (unpaired) electrons. The number of carbonyl (C=O) groups is 2. The van der Waals surface area contributed by atoms with Gasteiger partial charge in [0, 0.05) is 37.1 Å². The lowest BCUT2D eigenvalue weighted by molar-refractivity contribution is -0.121. The molecule has 0 bridgehead atoms. The third-order valence-electron chi connectivity index (χ3n) is 3.04. The maximum absolute atomic E-state index is 11.8. The molecule has 3 N–H and O–H groups in total. The highest BCUT2D eigenvalue weighted by atomic mass is 35.5. The van der Waals surface area contributed by atoms with Crippen molar-refractivity contribution in [1.29, 1.82) is 0 Å². The van der Waals surface area contributed by atoms with Crippen LogP contribution in [0.1, 0.15) is 20.3 Å². The van der Waals surface area contributed by atoms with E-state index in [2.05, 4.69) is 21.0 Å². The Hall–Kier alpha value is -2.54. The molecule has 128 valence electrons. The van der Waals surface area contributed by atoms with Crippen LogP contribution in [0.5, 0.6) is 0 Å². The van der Waals surface area contributed by atoms with Gasteiger partial charge >= 0.3 is 6.03 Å². The number of aromatic nitrogens is 2. The molecule has 0 atom stereocenters. The average molecular weight is 350 g/mol. The number of anilines is 1. The molecule has 3 amide bonds. The number of hydrogen-bond acceptors (Lipinski definition) is 3. The van der Waals surface area contributed by atoms with Crippen molar-refractivity contribution in [2.45, 2.75) is 26.3 Å². The minimum atomic E-state index is -0.393. The Morgan fingerprint density at radius 2 is 2.12 bits per heavy atom. The zero-order valence-corrected chi connectivity index (χ0v) is 14.3. The van der Waals surface area contributed by atoms with Gasteiger partial charge in [-0.25, -0.2) is 9.48 Å². The van der Waals surface area contributed by atoms with Gasteiger partial charge in [-0.2, -0.15) is 5.10 Å². The summed E-state index contributed by atoms with van der Waals surface area (Å²) in [6.45, 7) is 4.02. The summed E-state index contributed by atoms with van der Waals surface area (Å²) in [5.74, 6) is -0.100. The smallest absolute Gasteiger partial charge is 0.319 e. The summed E-state index contributed by atoms with van der Waals surface area (Å²) in [7, 11) is 0. The zero-order chi connectivity index (χ0) is 17.5. The van der Waals surface area contributed by atoms with Crippen molar-refractivity contribution < 1.29 is 9.59 Å². The van der Waals surface area contributed by atoms with Gasteiger partial charge in [-0.1, -0.05) is 11.6 Å². The van der Waals surface area contributed by atoms with Crippen LogP contribution in [0.2, 0.25) is 5.02 Å². The Morgan fingerprint density at radius 3 is 2.75 bits per heavy atom. The SMILES string of the molecule is CC(C)NC(=O)CCNC(=O)Nc1ccc(-n2cccn2)c(Cl)c1. The van der Waals surface area contributed by atoms with Crippen LogP contribution >= 0.6 is 11.6 Å². The molecule has 0 spiro atoms. The molecule has 0 aliphatic rings. The number of halogens is 1. The number of hydrogen-bond donors (Lipinski definition) is 3. The summed E-state index contributed by atoms with van der Waals surface area (Å²) >= 11 is 6.21. The molecule has 1 aromatic heterocycles. The largest absolute Gasteiger partial charge is 0.354 e. The van der Waals surface area contributed by atoms with Gasteiger partial charge in [0.2, 0.25) is 5.91 Å². The average Bonchev–Trinajstić information content (AvgIpc) is 3.00. The quantitative estimate of drug-likeness (QED) is 0.748. The normalized spacial score (nSPS) is 10.5. The van der Waals surface area contributed by atoms with Gasteiger partial charge in [-0.15, -0.1) is 0 Å². The summed E-state index contributed by atoms with van der Waals surface area (Å²) in [6.07, 6.45) is 3.67. The summed E-state index contributed by atoms with van der Waals surface area (Å²) < 4.78 is 1.64. The Kier molecular flexibility index (Phi) is 6.20. The van der Waals surface area contributed by atoms with E-state index in [4.69, 9.17) is 11.6 Å². The molecule has 2 rings (SSSR count). The highest BCUT2D eigenvalue weighted by molar-refractivity contribution is 6.32. The molecule has 1 heterocycles. The van der Waals surface area contributed by atoms with E-state index in [-0.39, 0.29) is 24.9 Å². The van der Waals surface area contributed by atoms with E-state index in [9.17, 15) is 9.59 Å². The number of benzene rings is 1. The Balaban J connectivity index is 1.84. The summed E-state index contributed by atoms with van der Waals surface area (Å²) in [5.41, 5.74) is 1.28. The van der Waals surface area contributed by atoms with E-state index in [0.29, 0.717) is 10.7 Å². The highest BCUT2D eigenvalue weighted by Gasteiger charge is 2.08. The molecule has 0 aliphatic heterocycles. The Labute approximate surface area is 145 Å². The van der Waals surface area contributed by atoms with Crippen LogP contribution < -0.4 is 16.0 Å². The van der Waals surface area contributed by atoms with Crippen molar-refractivity contribution in [2.75, 3.05) is 11.9 Å². The fourth-order valence-electron chi connectivity index (χ4n) is 2.04. The van der Waals surface area contributed by atoms with Crippen LogP contribution in [-0.4, -0.2) is 34.3 Å². The standard InChI is InChI=1S/C16H20ClN5O2/c1-11(2)20-15(23)6-8-18-16(24)21-12-4-5-14(13(17)10-12)22-9-3-7-19-22/h3-5,7,9-11H,6,8H2,1-2H3,(H,20,23)(H2,18,21,24). The van der Waals surface area contributed by atoms with Gasteiger partial charge in [0.05, 0.1) is 10.7 Å². The molecular weight excluding hydrogens is 330 g/mol. The molecule has 8 heteroatoms. The first-order valence-electron chi connectivity index (χ1n) is 7.59. The fourth-order valence-corrected chi connectivity index (χ4v) is 2.31. The maximum atomic E-state index is 11.8. The van der Waals surface area contributed by atoms with Gasteiger partial charge in [-0.3, -0.25) is 4.79 Å². The molecule has 0 saturated heterocycles. The number of amides is 3. The van der Waals surface area contributed by atoms with Crippen molar-refractivity contribution in [2.24, 2.45) is 0 Å². The van der Waals surface area contributed by atoms with Crippen LogP contribution in [-0.2, 0) is 4.79 Å². The van der Waals surface area contributed by atoms with Crippen LogP contribution in [0.3, 0.4) is 0 Å². The first-order valence-corrected chi connectivity index (χ1v) is 7.97. The van der Waals surface area contributed by atoms with Gasteiger partial charge < -0.3 is 16.0 Å². The number of nitrogens with zero attached hydrogens (tertiary/aromatic N) is 2.